The molecule has 1 aromatic rings. The van der Waals surface area contributed by atoms with Gasteiger partial charge >= 0.3 is 0 Å². The van der Waals surface area contributed by atoms with Gasteiger partial charge in [-0.2, -0.15) is 0 Å². The molecule has 0 aliphatic carbocycles. The first kappa shape index (κ1) is 14.0. The van der Waals surface area contributed by atoms with Crippen LogP contribution in [0.1, 0.15) is 20.8 Å². The highest BCUT2D eigenvalue weighted by Crippen LogP contribution is 2.29. The minimum Gasteiger partial charge on any atom is -0.496 e. The Morgan fingerprint density at radius 1 is 1.32 bits per heavy atom. The van der Waals surface area contributed by atoms with Crippen LogP contribution in [0.2, 0.25) is 0 Å². The van der Waals surface area contributed by atoms with Gasteiger partial charge in [-0.1, -0.05) is 18.2 Å². The van der Waals surface area contributed by atoms with E-state index in [0.29, 0.717) is 5.90 Å². The number of ether oxygens (including phenoxy) is 2. The Hall–Kier alpha value is -1.42. The molecule has 0 N–H and O–H groups in total. The van der Waals surface area contributed by atoms with Gasteiger partial charge in [-0.05, 0) is 32.9 Å². The molecule has 3 nitrogen and oxygen atoms in total. The third-order valence-corrected chi connectivity index (χ3v) is 3.62. The molecular weight excluding hydrogens is 258 g/mol. The van der Waals surface area contributed by atoms with Crippen LogP contribution in [0.25, 0.3) is 0 Å². The van der Waals surface area contributed by atoms with Gasteiger partial charge in [-0.3, -0.25) is 0 Å². The molecule has 1 aliphatic rings. The lowest BCUT2D eigenvalue weighted by Gasteiger charge is -2.21. The average Bonchev–Trinajstić information content (AvgIpc) is 2.39. The highest BCUT2D eigenvalue weighted by molar-refractivity contribution is 8.04. The number of benzene rings is 1. The largest absolute Gasteiger partial charge is 0.496 e. The SMILES string of the molecule is CC1=C(/C(=N/c2ccccc2)OC(C)C)SCCO1. The molecule has 0 amide bonds. The zero-order valence-electron chi connectivity index (χ0n) is 11.6. The molecule has 102 valence electrons. The maximum absolute atomic E-state index is 5.86. The summed E-state index contributed by atoms with van der Waals surface area (Å²) in [5.41, 5.74) is 0.893. The third-order valence-electron chi connectivity index (χ3n) is 2.50. The molecule has 1 aromatic carbocycles. The van der Waals surface area contributed by atoms with E-state index in [1.54, 1.807) is 11.8 Å². The first-order valence-electron chi connectivity index (χ1n) is 6.44. The van der Waals surface area contributed by atoms with E-state index in [2.05, 4.69) is 4.99 Å². The molecule has 4 heteroatoms. The van der Waals surface area contributed by atoms with Crippen LogP contribution < -0.4 is 0 Å². The summed E-state index contributed by atoms with van der Waals surface area (Å²) in [5.74, 6) is 2.48. The maximum atomic E-state index is 5.86. The summed E-state index contributed by atoms with van der Waals surface area (Å²) in [7, 11) is 0. The molecule has 1 heterocycles. The van der Waals surface area contributed by atoms with Crippen molar-refractivity contribution < 1.29 is 9.47 Å². The quantitative estimate of drug-likeness (QED) is 0.614. The van der Waals surface area contributed by atoms with E-state index in [9.17, 15) is 0 Å². The summed E-state index contributed by atoms with van der Waals surface area (Å²) in [6.07, 6.45) is 0.0882. The van der Waals surface area contributed by atoms with E-state index in [-0.39, 0.29) is 6.10 Å². The van der Waals surface area contributed by atoms with Crippen molar-refractivity contribution in [3.05, 3.63) is 41.0 Å². The minimum atomic E-state index is 0.0882. The first-order valence-corrected chi connectivity index (χ1v) is 7.42. The second-order valence-corrected chi connectivity index (χ2v) is 5.61. The van der Waals surface area contributed by atoms with Gasteiger partial charge in [-0.25, -0.2) is 4.99 Å². The summed E-state index contributed by atoms with van der Waals surface area (Å²) >= 11 is 1.74. The molecule has 1 aliphatic heterocycles. The Morgan fingerprint density at radius 3 is 2.68 bits per heavy atom. The zero-order chi connectivity index (χ0) is 13.7. The van der Waals surface area contributed by atoms with E-state index >= 15 is 0 Å². The highest BCUT2D eigenvalue weighted by Gasteiger charge is 2.19. The molecule has 0 saturated carbocycles. The van der Waals surface area contributed by atoms with Gasteiger partial charge in [0.15, 0.2) is 0 Å². The van der Waals surface area contributed by atoms with Crippen molar-refractivity contribution in [3.63, 3.8) is 0 Å². The number of thioether (sulfide) groups is 1. The molecule has 0 unspecified atom stereocenters. The van der Waals surface area contributed by atoms with Gasteiger partial charge < -0.3 is 9.47 Å². The summed E-state index contributed by atoms with van der Waals surface area (Å²) in [4.78, 5) is 5.61. The second-order valence-electron chi connectivity index (χ2n) is 4.50. The van der Waals surface area contributed by atoms with E-state index < -0.39 is 0 Å². The molecule has 0 atom stereocenters. The van der Waals surface area contributed by atoms with Crippen molar-refractivity contribution in [2.75, 3.05) is 12.4 Å². The molecule has 0 spiro atoms. The Balaban J connectivity index is 2.33. The molecule has 2 rings (SSSR count). The molecular formula is C15H19NO2S. The Kier molecular flexibility index (Phi) is 4.91. The minimum absolute atomic E-state index is 0.0882. The lowest BCUT2D eigenvalue weighted by molar-refractivity contribution is 0.216. The summed E-state index contributed by atoms with van der Waals surface area (Å²) < 4.78 is 11.4. The summed E-state index contributed by atoms with van der Waals surface area (Å²) in [6, 6.07) is 9.85. The third kappa shape index (κ3) is 4.03. The van der Waals surface area contributed by atoms with E-state index in [1.807, 2.05) is 51.1 Å². The Bertz CT molecular complexity index is 480. The number of aliphatic imine (C=N–C) groups is 1. The topological polar surface area (TPSA) is 30.8 Å². The van der Waals surface area contributed by atoms with Crippen LogP contribution in [-0.4, -0.2) is 24.4 Å². The fraction of sp³-hybridized carbons (Fsp3) is 0.400. The van der Waals surface area contributed by atoms with Crippen LogP contribution in [0.5, 0.6) is 0 Å². The van der Waals surface area contributed by atoms with Gasteiger partial charge in [0, 0.05) is 5.75 Å². The molecule has 0 radical (unpaired) electrons. The predicted octanol–water partition coefficient (Wildman–Crippen LogP) is 4.14. The van der Waals surface area contributed by atoms with Crippen LogP contribution >= 0.6 is 11.8 Å². The van der Waals surface area contributed by atoms with Crippen molar-refractivity contribution in [1.29, 1.82) is 0 Å². The molecule has 0 aromatic heterocycles. The fourth-order valence-corrected chi connectivity index (χ4v) is 2.54. The fourth-order valence-electron chi connectivity index (χ4n) is 1.69. The molecule has 0 fully saturated rings. The van der Waals surface area contributed by atoms with Gasteiger partial charge in [0.2, 0.25) is 5.90 Å². The number of para-hydroxylation sites is 1. The van der Waals surface area contributed by atoms with Crippen molar-refractivity contribution in [3.8, 4) is 0 Å². The van der Waals surface area contributed by atoms with Gasteiger partial charge in [0.25, 0.3) is 0 Å². The molecule has 19 heavy (non-hydrogen) atoms. The molecule has 0 saturated heterocycles. The normalized spacial score (nSPS) is 16.5. The standard InChI is InChI=1S/C15H19NO2S/c1-11(2)18-15(14-12(3)17-9-10-19-14)16-13-7-5-4-6-8-13/h4-8,11H,9-10H2,1-3H3/b16-15-. The van der Waals surface area contributed by atoms with Crippen molar-refractivity contribution >= 4 is 23.3 Å². The van der Waals surface area contributed by atoms with Crippen LogP contribution in [-0.2, 0) is 9.47 Å². The molecule has 0 bridgehead atoms. The highest BCUT2D eigenvalue weighted by atomic mass is 32.2. The maximum Gasteiger partial charge on any atom is 0.231 e. The first-order chi connectivity index (χ1) is 9.16. The monoisotopic (exact) mass is 277 g/mol. The van der Waals surface area contributed by atoms with Crippen molar-refractivity contribution in [1.82, 2.24) is 0 Å². The average molecular weight is 277 g/mol. The summed E-state index contributed by atoms with van der Waals surface area (Å²) in [6.45, 7) is 6.72. The smallest absolute Gasteiger partial charge is 0.231 e. The number of hydrogen-bond acceptors (Lipinski definition) is 4. The van der Waals surface area contributed by atoms with Gasteiger partial charge in [0.1, 0.15) is 10.7 Å². The number of nitrogens with zero attached hydrogens (tertiary/aromatic N) is 1. The lowest BCUT2D eigenvalue weighted by atomic mass is 10.3. The van der Waals surface area contributed by atoms with Gasteiger partial charge in [0.05, 0.1) is 18.4 Å². The van der Waals surface area contributed by atoms with E-state index in [0.717, 1.165) is 28.7 Å². The van der Waals surface area contributed by atoms with Crippen LogP contribution in [0.15, 0.2) is 46.0 Å². The Morgan fingerprint density at radius 2 is 2.05 bits per heavy atom. The van der Waals surface area contributed by atoms with E-state index in [1.165, 1.54) is 0 Å². The van der Waals surface area contributed by atoms with Crippen LogP contribution in [0.3, 0.4) is 0 Å². The Labute approximate surface area is 118 Å². The second kappa shape index (κ2) is 6.66. The van der Waals surface area contributed by atoms with E-state index in [4.69, 9.17) is 9.47 Å². The zero-order valence-corrected chi connectivity index (χ0v) is 12.4. The van der Waals surface area contributed by atoms with Gasteiger partial charge in [-0.15, -0.1) is 11.8 Å². The number of hydrogen-bond donors (Lipinski definition) is 0. The predicted molar refractivity (Wildman–Crippen MR) is 80.9 cm³/mol. The van der Waals surface area contributed by atoms with Crippen molar-refractivity contribution in [2.45, 2.75) is 26.9 Å². The van der Waals surface area contributed by atoms with Crippen molar-refractivity contribution in [2.24, 2.45) is 4.99 Å². The number of rotatable bonds is 3. The number of allylic oxidation sites excluding steroid dienone is 1. The lowest BCUT2D eigenvalue weighted by Crippen LogP contribution is -2.17. The summed E-state index contributed by atoms with van der Waals surface area (Å²) in [5, 5.41) is 0. The van der Waals surface area contributed by atoms with Crippen LogP contribution in [0, 0.1) is 0 Å². The van der Waals surface area contributed by atoms with Crippen LogP contribution in [0.4, 0.5) is 5.69 Å².